The fourth-order valence-electron chi connectivity index (χ4n) is 1.95. The van der Waals surface area contributed by atoms with Crippen molar-refractivity contribution in [2.24, 2.45) is 0 Å². The van der Waals surface area contributed by atoms with E-state index < -0.39 is 0 Å². The quantitative estimate of drug-likeness (QED) is 0.784. The molecule has 0 bridgehead atoms. The maximum atomic E-state index is 4.54. The Hall–Kier alpha value is -1.95. The second-order valence-corrected chi connectivity index (χ2v) is 5.05. The molecule has 0 spiro atoms. The Kier molecular flexibility index (Phi) is 2.71. The van der Waals surface area contributed by atoms with E-state index >= 15 is 0 Å². The fraction of sp³-hybridized carbons (Fsp3) is 0.250. The molecule has 0 radical (unpaired) electrons. The molecule has 92 valence electrons. The van der Waals surface area contributed by atoms with Gasteiger partial charge in [0.25, 0.3) is 0 Å². The van der Waals surface area contributed by atoms with Crippen molar-refractivity contribution < 1.29 is 0 Å². The molecule has 3 aromatic rings. The number of para-hydroxylation sites is 2. The Balaban J connectivity index is 2.01. The van der Waals surface area contributed by atoms with Gasteiger partial charge >= 0.3 is 0 Å². The van der Waals surface area contributed by atoms with Crippen molar-refractivity contribution in [3.63, 3.8) is 0 Å². The van der Waals surface area contributed by atoms with E-state index in [0.29, 0.717) is 6.54 Å². The first-order valence-electron chi connectivity index (χ1n) is 5.70. The highest BCUT2D eigenvalue weighted by Crippen LogP contribution is 2.20. The molecule has 0 unspecified atom stereocenters. The standard InChI is InChI=1S/C12H13N5S/c1-8-14-9-5-3-4-6-10(9)17(8)7-11-15-16-12(13-2)18-11/h3-6H,7H2,1-2H3,(H,13,16). The highest BCUT2D eigenvalue weighted by molar-refractivity contribution is 7.15. The van der Waals surface area contributed by atoms with Crippen LogP contribution in [0.1, 0.15) is 10.8 Å². The number of rotatable bonds is 3. The molecule has 2 aromatic heterocycles. The lowest BCUT2D eigenvalue weighted by molar-refractivity contribution is 0.768. The van der Waals surface area contributed by atoms with Gasteiger partial charge in [-0.25, -0.2) is 4.98 Å². The SMILES string of the molecule is CNc1nnc(Cn2c(C)nc3ccccc32)s1. The molecule has 6 heteroatoms. The number of aromatic nitrogens is 4. The summed E-state index contributed by atoms with van der Waals surface area (Å²) in [7, 11) is 1.85. The summed E-state index contributed by atoms with van der Waals surface area (Å²) in [5.41, 5.74) is 2.16. The summed E-state index contributed by atoms with van der Waals surface area (Å²) >= 11 is 1.57. The van der Waals surface area contributed by atoms with Gasteiger partial charge in [0.1, 0.15) is 10.8 Å². The van der Waals surface area contributed by atoms with Crippen LogP contribution in [0.4, 0.5) is 5.13 Å². The minimum Gasteiger partial charge on any atom is -0.363 e. The molecule has 3 rings (SSSR count). The van der Waals surface area contributed by atoms with Crippen molar-refractivity contribution in [3.8, 4) is 0 Å². The van der Waals surface area contributed by atoms with E-state index in [-0.39, 0.29) is 0 Å². The first kappa shape index (κ1) is 11.2. The van der Waals surface area contributed by atoms with Gasteiger partial charge in [-0.05, 0) is 19.1 Å². The first-order valence-corrected chi connectivity index (χ1v) is 6.51. The van der Waals surface area contributed by atoms with Gasteiger partial charge < -0.3 is 9.88 Å². The third kappa shape index (κ3) is 1.84. The molecule has 0 amide bonds. The first-order chi connectivity index (χ1) is 8.78. The van der Waals surface area contributed by atoms with Gasteiger partial charge in [-0.15, -0.1) is 10.2 Å². The van der Waals surface area contributed by atoms with E-state index in [1.54, 1.807) is 11.3 Å². The lowest BCUT2D eigenvalue weighted by Gasteiger charge is -2.02. The average Bonchev–Trinajstić information content (AvgIpc) is 2.96. The summed E-state index contributed by atoms with van der Waals surface area (Å²) in [4.78, 5) is 4.54. The molecule has 0 fully saturated rings. The molecular weight excluding hydrogens is 246 g/mol. The monoisotopic (exact) mass is 259 g/mol. The van der Waals surface area contributed by atoms with Gasteiger partial charge in [0.05, 0.1) is 17.6 Å². The topological polar surface area (TPSA) is 55.6 Å². The van der Waals surface area contributed by atoms with Crippen molar-refractivity contribution >= 4 is 27.5 Å². The van der Waals surface area contributed by atoms with Crippen LogP contribution in [0, 0.1) is 6.92 Å². The van der Waals surface area contributed by atoms with Crippen molar-refractivity contribution in [3.05, 3.63) is 35.1 Å². The van der Waals surface area contributed by atoms with Crippen LogP contribution in [0.5, 0.6) is 0 Å². The third-order valence-corrected chi connectivity index (χ3v) is 3.74. The average molecular weight is 259 g/mol. The van der Waals surface area contributed by atoms with Crippen molar-refractivity contribution in [2.45, 2.75) is 13.5 Å². The largest absolute Gasteiger partial charge is 0.363 e. The lowest BCUT2D eigenvalue weighted by Crippen LogP contribution is -2.01. The highest BCUT2D eigenvalue weighted by atomic mass is 32.1. The minimum absolute atomic E-state index is 0.714. The third-order valence-electron chi connectivity index (χ3n) is 2.82. The Morgan fingerprint density at radius 3 is 2.89 bits per heavy atom. The number of hydrogen-bond acceptors (Lipinski definition) is 5. The van der Waals surface area contributed by atoms with Crippen molar-refractivity contribution in [1.29, 1.82) is 0 Å². The zero-order valence-electron chi connectivity index (χ0n) is 10.2. The van der Waals surface area contributed by atoms with Crippen LogP contribution in [0.25, 0.3) is 11.0 Å². The van der Waals surface area contributed by atoms with Gasteiger partial charge in [-0.2, -0.15) is 0 Å². The molecule has 0 aliphatic rings. The minimum atomic E-state index is 0.714. The van der Waals surface area contributed by atoms with Crippen LogP contribution in [0.2, 0.25) is 0 Å². The molecule has 18 heavy (non-hydrogen) atoms. The number of imidazole rings is 1. The Morgan fingerprint density at radius 2 is 2.11 bits per heavy atom. The van der Waals surface area contributed by atoms with Gasteiger partial charge in [0.15, 0.2) is 0 Å². The number of hydrogen-bond donors (Lipinski definition) is 1. The van der Waals surface area contributed by atoms with Crippen LogP contribution in [0.3, 0.4) is 0 Å². The summed E-state index contributed by atoms with van der Waals surface area (Å²) in [6, 6.07) is 8.13. The number of nitrogens with one attached hydrogen (secondary N) is 1. The maximum absolute atomic E-state index is 4.54. The summed E-state index contributed by atoms with van der Waals surface area (Å²) < 4.78 is 2.16. The van der Waals surface area contributed by atoms with E-state index in [9.17, 15) is 0 Å². The van der Waals surface area contributed by atoms with Crippen LogP contribution in [0.15, 0.2) is 24.3 Å². The Bertz CT molecular complexity index is 685. The smallest absolute Gasteiger partial charge is 0.205 e. The number of nitrogens with zero attached hydrogens (tertiary/aromatic N) is 4. The zero-order valence-corrected chi connectivity index (χ0v) is 11.0. The van der Waals surface area contributed by atoms with E-state index in [1.807, 2.05) is 32.2 Å². The van der Waals surface area contributed by atoms with Gasteiger partial charge in [0, 0.05) is 7.05 Å². The summed E-state index contributed by atoms with van der Waals surface area (Å²) in [5.74, 6) is 0.998. The fourth-order valence-corrected chi connectivity index (χ4v) is 2.63. The number of fused-ring (bicyclic) bond motifs is 1. The summed E-state index contributed by atoms with van der Waals surface area (Å²) in [6.45, 7) is 2.73. The lowest BCUT2D eigenvalue weighted by atomic mass is 10.3. The Morgan fingerprint density at radius 1 is 1.28 bits per heavy atom. The van der Waals surface area contributed by atoms with E-state index in [0.717, 1.165) is 27.0 Å². The van der Waals surface area contributed by atoms with Gasteiger partial charge in [0.2, 0.25) is 5.13 Å². The van der Waals surface area contributed by atoms with Crippen LogP contribution in [-0.4, -0.2) is 26.8 Å². The second-order valence-electron chi connectivity index (χ2n) is 3.98. The van der Waals surface area contributed by atoms with Crippen LogP contribution >= 0.6 is 11.3 Å². The van der Waals surface area contributed by atoms with E-state index in [1.165, 1.54) is 0 Å². The molecule has 0 saturated heterocycles. The normalized spacial score (nSPS) is 11.0. The van der Waals surface area contributed by atoms with E-state index in [2.05, 4.69) is 31.1 Å². The van der Waals surface area contributed by atoms with Crippen molar-refractivity contribution in [2.75, 3.05) is 12.4 Å². The number of aryl methyl sites for hydroxylation is 1. The van der Waals surface area contributed by atoms with Crippen LogP contribution in [-0.2, 0) is 6.54 Å². The molecule has 0 aliphatic carbocycles. The van der Waals surface area contributed by atoms with E-state index in [4.69, 9.17) is 0 Å². The molecule has 0 aliphatic heterocycles. The predicted octanol–water partition coefficient (Wildman–Crippen LogP) is 2.29. The summed E-state index contributed by atoms with van der Waals surface area (Å²) in [6.07, 6.45) is 0. The molecule has 5 nitrogen and oxygen atoms in total. The van der Waals surface area contributed by atoms with Gasteiger partial charge in [-0.3, -0.25) is 0 Å². The summed E-state index contributed by atoms with van der Waals surface area (Å²) in [5, 5.41) is 13.0. The molecule has 0 saturated carbocycles. The van der Waals surface area contributed by atoms with Crippen molar-refractivity contribution in [1.82, 2.24) is 19.7 Å². The van der Waals surface area contributed by atoms with Gasteiger partial charge in [-0.1, -0.05) is 23.5 Å². The molecule has 1 aromatic carbocycles. The Labute approximate surface area is 109 Å². The number of anilines is 1. The molecular formula is C12H13N5S. The molecule has 0 atom stereocenters. The molecule has 2 heterocycles. The molecule has 1 N–H and O–H groups in total. The number of benzene rings is 1. The predicted molar refractivity (Wildman–Crippen MR) is 73.0 cm³/mol. The second kappa shape index (κ2) is 4.38. The zero-order chi connectivity index (χ0) is 12.5. The highest BCUT2D eigenvalue weighted by Gasteiger charge is 2.09. The maximum Gasteiger partial charge on any atom is 0.205 e. The van der Waals surface area contributed by atoms with Crippen LogP contribution < -0.4 is 5.32 Å².